The largest absolute Gasteiger partial charge is 0.494 e. The van der Waals surface area contributed by atoms with Crippen molar-refractivity contribution in [1.82, 2.24) is 30.3 Å². The van der Waals surface area contributed by atoms with Crippen molar-refractivity contribution in [3.8, 4) is 11.4 Å². The number of ether oxygens (including phenoxy) is 1. The second-order valence-corrected chi connectivity index (χ2v) is 7.77. The van der Waals surface area contributed by atoms with Crippen LogP contribution in [0.25, 0.3) is 5.69 Å². The van der Waals surface area contributed by atoms with E-state index in [1.54, 1.807) is 11.0 Å². The average molecular weight is 449 g/mol. The molecule has 9 nitrogen and oxygen atoms in total. The Bertz CT molecular complexity index is 1090. The van der Waals surface area contributed by atoms with Crippen molar-refractivity contribution in [1.29, 1.82) is 0 Å². The smallest absolute Gasteiger partial charge is 0.237 e. The van der Waals surface area contributed by atoms with Gasteiger partial charge in [-0.25, -0.2) is 9.67 Å². The molecule has 0 unspecified atom stereocenters. The molecule has 1 aromatic heterocycles. The molecule has 172 valence electrons. The predicted octanol–water partition coefficient (Wildman–Crippen LogP) is 1.67. The Morgan fingerprint density at radius 2 is 1.97 bits per heavy atom. The van der Waals surface area contributed by atoms with E-state index in [9.17, 15) is 9.59 Å². The fourth-order valence-corrected chi connectivity index (χ4v) is 3.98. The zero-order valence-corrected chi connectivity index (χ0v) is 18.6. The van der Waals surface area contributed by atoms with E-state index < -0.39 is 6.04 Å². The minimum absolute atomic E-state index is 0.0775. The molecule has 0 bridgehead atoms. The van der Waals surface area contributed by atoms with Gasteiger partial charge >= 0.3 is 0 Å². The lowest BCUT2D eigenvalue weighted by molar-refractivity contribution is -0.134. The zero-order chi connectivity index (χ0) is 23.0. The van der Waals surface area contributed by atoms with Crippen molar-refractivity contribution >= 4 is 11.8 Å². The van der Waals surface area contributed by atoms with E-state index in [-0.39, 0.29) is 18.2 Å². The molecule has 1 aliphatic heterocycles. The minimum atomic E-state index is -0.543. The number of hydrogen-bond acceptors (Lipinski definition) is 6. The van der Waals surface area contributed by atoms with Crippen molar-refractivity contribution in [3.63, 3.8) is 0 Å². The summed E-state index contributed by atoms with van der Waals surface area (Å²) in [7, 11) is 0. The standard InChI is InChI=1S/C24H28N6O3/c1-2-33-22-10-6-4-8-19(22)15-29-12-11-26-24(32)21(29)13-23(31)27-14-18-7-3-5-9-20(18)30-17-25-16-28-30/h3-10,16-17,21H,2,11-15H2,1H3,(H,26,32)(H,27,31)/t21-/m1/s1. The van der Waals surface area contributed by atoms with E-state index in [1.807, 2.05) is 60.4 Å². The van der Waals surface area contributed by atoms with Gasteiger partial charge in [-0.3, -0.25) is 14.5 Å². The molecule has 4 rings (SSSR count). The molecule has 3 aromatic rings. The Hall–Kier alpha value is -3.72. The summed E-state index contributed by atoms with van der Waals surface area (Å²) in [5.41, 5.74) is 2.76. The summed E-state index contributed by atoms with van der Waals surface area (Å²) in [6.07, 6.45) is 3.16. The third kappa shape index (κ3) is 5.56. The summed E-state index contributed by atoms with van der Waals surface area (Å²) in [5.74, 6) is 0.487. The normalized spacial score (nSPS) is 16.3. The molecule has 1 fully saturated rings. The maximum absolute atomic E-state index is 12.8. The quantitative estimate of drug-likeness (QED) is 0.517. The average Bonchev–Trinajstić information content (AvgIpc) is 3.36. The van der Waals surface area contributed by atoms with Gasteiger partial charge in [-0.1, -0.05) is 36.4 Å². The topological polar surface area (TPSA) is 101 Å². The lowest BCUT2D eigenvalue weighted by Gasteiger charge is -2.35. The number of nitrogens with zero attached hydrogens (tertiary/aromatic N) is 4. The van der Waals surface area contributed by atoms with Crippen molar-refractivity contribution in [2.24, 2.45) is 0 Å². The lowest BCUT2D eigenvalue weighted by atomic mass is 10.1. The summed E-state index contributed by atoms with van der Waals surface area (Å²) in [5, 5.41) is 10.0. The van der Waals surface area contributed by atoms with Gasteiger partial charge in [-0.2, -0.15) is 5.10 Å². The van der Waals surface area contributed by atoms with Crippen LogP contribution in [0.2, 0.25) is 0 Å². The summed E-state index contributed by atoms with van der Waals surface area (Å²) in [6, 6.07) is 14.9. The van der Waals surface area contributed by atoms with Gasteiger partial charge in [0, 0.05) is 31.7 Å². The van der Waals surface area contributed by atoms with E-state index >= 15 is 0 Å². The molecule has 0 saturated carbocycles. The van der Waals surface area contributed by atoms with Gasteiger partial charge in [0.25, 0.3) is 0 Å². The molecule has 1 saturated heterocycles. The molecule has 2 amide bonds. The van der Waals surface area contributed by atoms with Gasteiger partial charge in [-0.15, -0.1) is 0 Å². The maximum atomic E-state index is 12.8. The van der Waals surface area contributed by atoms with Crippen molar-refractivity contribution in [3.05, 3.63) is 72.3 Å². The molecule has 1 atom stereocenters. The number of rotatable bonds is 9. The minimum Gasteiger partial charge on any atom is -0.494 e. The zero-order valence-electron chi connectivity index (χ0n) is 18.6. The van der Waals surface area contributed by atoms with Gasteiger partial charge < -0.3 is 15.4 Å². The Balaban J connectivity index is 1.41. The molecule has 1 aliphatic rings. The van der Waals surface area contributed by atoms with E-state index in [4.69, 9.17) is 4.74 Å². The Morgan fingerprint density at radius 1 is 1.18 bits per heavy atom. The molecule has 0 radical (unpaired) electrons. The number of piperazine rings is 1. The van der Waals surface area contributed by atoms with Gasteiger partial charge in [0.15, 0.2) is 0 Å². The first kappa shape index (κ1) is 22.5. The highest BCUT2D eigenvalue weighted by Gasteiger charge is 2.32. The molecule has 2 N–H and O–H groups in total. The van der Waals surface area contributed by atoms with Gasteiger partial charge in [0.1, 0.15) is 18.4 Å². The van der Waals surface area contributed by atoms with E-state index in [0.717, 1.165) is 22.6 Å². The van der Waals surface area contributed by atoms with Crippen molar-refractivity contribution in [2.45, 2.75) is 32.5 Å². The van der Waals surface area contributed by atoms with E-state index in [1.165, 1.54) is 6.33 Å². The Labute approximate surface area is 192 Å². The van der Waals surface area contributed by atoms with Crippen LogP contribution in [0, 0.1) is 0 Å². The highest BCUT2D eigenvalue weighted by atomic mass is 16.5. The molecular weight excluding hydrogens is 420 g/mol. The number of carbonyl (C=O) groups excluding carboxylic acids is 2. The van der Waals surface area contributed by atoms with Crippen molar-refractivity contribution in [2.75, 3.05) is 19.7 Å². The second-order valence-electron chi connectivity index (χ2n) is 7.77. The molecule has 2 aromatic carbocycles. The number of hydrogen-bond donors (Lipinski definition) is 2. The van der Waals surface area contributed by atoms with Crippen LogP contribution in [0.3, 0.4) is 0 Å². The maximum Gasteiger partial charge on any atom is 0.237 e. The van der Waals surface area contributed by atoms with Gasteiger partial charge in [-0.05, 0) is 24.6 Å². The lowest BCUT2D eigenvalue weighted by Crippen LogP contribution is -2.56. The number of benzene rings is 2. The Morgan fingerprint density at radius 3 is 2.76 bits per heavy atom. The first-order valence-electron chi connectivity index (χ1n) is 11.1. The second kappa shape index (κ2) is 10.7. The van der Waals surface area contributed by atoms with Gasteiger partial charge in [0.05, 0.1) is 24.8 Å². The highest BCUT2D eigenvalue weighted by molar-refractivity contribution is 5.88. The predicted molar refractivity (Wildman–Crippen MR) is 123 cm³/mol. The van der Waals surface area contributed by atoms with Crippen LogP contribution in [0.4, 0.5) is 0 Å². The van der Waals surface area contributed by atoms with Crippen LogP contribution in [0.5, 0.6) is 5.75 Å². The van der Waals surface area contributed by atoms with Crippen molar-refractivity contribution < 1.29 is 14.3 Å². The number of amides is 2. The molecule has 0 spiro atoms. The number of nitrogens with one attached hydrogen (secondary N) is 2. The summed E-state index contributed by atoms with van der Waals surface area (Å²) < 4.78 is 7.39. The van der Waals surface area contributed by atoms with E-state index in [0.29, 0.717) is 32.8 Å². The van der Waals surface area contributed by atoms with E-state index in [2.05, 4.69) is 20.7 Å². The SMILES string of the molecule is CCOc1ccccc1CN1CCNC(=O)[C@H]1CC(=O)NCc1ccccc1-n1cncn1. The number of para-hydroxylation sites is 2. The first-order valence-corrected chi connectivity index (χ1v) is 11.1. The number of carbonyl (C=O) groups is 2. The molecular formula is C24H28N6O3. The monoisotopic (exact) mass is 448 g/mol. The molecule has 2 heterocycles. The fourth-order valence-electron chi connectivity index (χ4n) is 3.98. The third-order valence-electron chi connectivity index (χ3n) is 5.60. The third-order valence-corrected chi connectivity index (χ3v) is 5.60. The molecule has 0 aliphatic carbocycles. The summed E-state index contributed by atoms with van der Waals surface area (Å²) >= 11 is 0. The van der Waals surface area contributed by atoms with Crippen LogP contribution in [-0.4, -0.2) is 57.2 Å². The van der Waals surface area contributed by atoms with Gasteiger partial charge in [0.2, 0.25) is 11.8 Å². The molecule has 33 heavy (non-hydrogen) atoms. The number of aromatic nitrogens is 3. The van der Waals surface area contributed by atoms with Crippen LogP contribution in [-0.2, 0) is 22.7 Å². The van der Waals surface area contributed by atoms with Crippen LogP contribution in [0.15, 0.2) is 61.2 Å². The first-order chi connectivity index (χ1) is 16.2. The highest BCUT2D eigenvalue weighted by Crippen LogP contribution is 2.22. The summed E-state index contributed by atoms with van der Waals surface area (Å²) in [6.45, 7) is 4.60. The van der Waals surface area contributed by atoms with Crippen LogP contribution in [0.1, 0.15) is 24.5 Å². The van der Waals surface area contributed by atoms with Crippen LogP contribution < -0.4 is 15.4 Å². The summed E-state index contributed by atoms with van der Waals surface area (Å²) in [4.78, 5) is 31.5. The fraction of sp³-hybridized carbons (Fsp3) is 0.333. The Kier molecular flexibility index (Phi) is 7.31. The molecule has 9 heteroatoms. The van der Waals surface area contributed by atoms with Crippen LogP contribution >= 0.6 is 0 Å².